The summed E-state index contributed by atoms with van der Waals surface area (Å²) < 4.78 is 10.8. The highest BCUT2D eigenvalue weighted by molar-refractivity contribution is 4.94. The number of nitrogens with zero attached hydrogens (tertiary/aromatic N) is 1. The molecule has 0 radical (unpaired) electrons. The molecule has 0 saturated carbocycles. The van der Waals surface area contributed by atoms with E-state index in [1.807, 2.05) is 0 Å². The number of rotatable bonds is 4. The number of morpholine rings is 1. The van der Waals surface area contributed by atoms with Crippen LogP contribution in [0.3, 0.4) is 0 Å². The third-order valence-corrected chi connectivity index (χ3v) is 3.63. The van der Waals surface area contributed by atoms with Gasteiger partial charge in [0.05, 0.1) is 25.4 Å². The molecule has 0 bridgehead atoms. The molecular formula is C12H24N2O2. The molecule has 2 aliphatic heterocycles. The van der Waals surface area contributed by atoms with Crippen molar-refractivity contribution in [2.45, 2.75) is 24.8 Å². The van der Waals surface area contributed by atoms with Gasteiger partial charge in [-0.05, 0) is 19.4 Å². The molecule has 0 aromatic carbocycles. The Morgan fingerprint density at radius 2 is 2.12 bits per heavy atom. The minimum absolute atomic E-state index is 0.185. The van der Waals surface area contributed by atoms with E-state index in [2.05, 4.69) is 10.2 Å². The van der Waals surface area contributed by atoms with Crippen molar-refractivity contribution in [3.63, 3.8) is 0 Å². The lowest BCUT2D eigenvalue weighted by Gasteiger charge is -2.42. The van der Waals surface area contributed by atoms with E-state index in [-0.39, 0.29) is 5.54 Å². The molecule has 2 heterocycles. The van der Waals surface area contributed by atoms with Gasteiger partial charge >= 0.3 is 0 Å². The van der Waals surface area contributed by atoms with E-state index >= 15 is 0 Å². The quantitative estimate of drug-likeness (QED) is 0.759. The summed E-state index contributed by atoms with van der Waals surface area (Å²) in [5, 5.41) is 3.67. The van der Waals surface area contributed by atoms with E-state index in [1.54, 1.807) is 7.11 Å². The molecular weight excluding hydrogens is 204 g/mol. The normalized spacial score (nSPS) is 32.8. The van der Waals surface area contributed by atoms with Gasteiger partial charge in [-0.15, -0.1) is 0 Å². The molecule has 0 amide bonds. The second kappa shape index (κ2) is 5.96. The van der Waals surface area contributed by atoms with E-state index in [9.17, 15) is 0 Å². The lowest BCUT2D eigenvalue weighted by atomic mass is 9.89. The first kappa shape index (κ1) is 12.3. The fourth-order valence-electron chi connectivity index (χ4n) is 2.80. The van der Waals surface area contributed by atoms with Crippen molar-refractivity contribution in [1.82, 2.24) is 10.2 Å². The van der Waals surface area contributed by atoms with Gasteiger partial charge in [-0.25, -0.2) is 0 Å². The maximum absolute atomic E-state index is 5.41. The summed E-state index contributed by atoms with van der Waals surface area (Å²) in [6, 6.07) is 0. The van der Waals surface area contributed by atoms with Crippen LogP contribution in [-0.4, -0.2) is 63.5 Å². The van der Waals surface area contributed by atoms with Gasteiger partial charge in [-0.2, -0.15) is 0 Å². The summed E-state index contributed by atoms with van der Waals surface area (Å²) in [6.45, 7) is 6.94. The van der Waals surface area contributed by atoms with E-state index in [0.29, 0.717) is 0 Å². The number of piperidine rings is 1. The average molecular weight is 228 g/mol. The lowest BCUT2D eigenvalue weighted by molar-refractivity contribution is 0.00252. The third-order valence-electron chi connectivity index (χ3n) is 3.63. The molecule has 0 aromatic rings. The topological polar surface area (TPSA) is 33.7 Å². The molecule has 16 heavy (non-hydrogen) atoms. The summed E-state index contributed by atoms with van der Waals surface area (Å²) in [5.41, 5.74) is 0.185. The first-order valence-electron chi connectivity index (χ1n) is 6.39. The van der Waals surface area contributed by atoms with Crippen LogP contribution in [0.5, 0.6) is 0 Å². The van der Waals surface area contributed by atoms with Crippen LogP contribution in [0.2, 0.25) is 0 Å². The molecule has 0 aromatic heterocycles. The zero-order chi connectivity index (χ0) is 11.3. The van der Waals surface area contributed by atoms with Gasteiger partial charge in [-0.3, -0.25) is 4.90 Å². The minimum Gasteiger partial charge on any atom is -0.383 e. The van der Waals surface area contributed by atoms with E-state index in [4.69, 9.17) is 9.47 Å². The molecule has 4 heteroatoms. The molecule has 1 unspecified atom stereocenters. The SMILES string of the molecule is COCC1(CN2CCOCC2)CCCCN1. The molecule has 1 atom stereocenters. The van der Waals surface area contributed by atoms with E-state index in [1.165, 1.54) is 19.3 Å². The molecule has 2 saturated heterocycles. The fourth-order valence-corrected chi connectivity index (χ4v) is 2.80. The maximum Gasteiger partial charge on any atom is 0.0657 e. The molecule has 1 N–H and O–H groups in total. The van der Waals surface area contributed by atoms with E-state index < -0.39 is 0 Å². The fraction of sp³-hybridized carbons (Fsp3) is 1.00. The number of nitrogens with one attached hydrogen (secondary N) is 1. The molecule has 4 nitrogen and oxygen atoms in total. The number of hydrogen-bond donors (Lipinski definition) is 1. The monoisotopic (exact) mass is 228 g/mol. The molecule has 2 rings (SSSR count). The van der Waals surface area contributed by atoms with Crippen molar-refractivity contribution >= 4 is 0 Å². The second-order valence-corrected chi connectivity index (χ2v) is 4.99. The average Bonchev–Trinajstić information content (AvgIpc) is 2.31. The van der Waals surface area contributed by atoms with Crippen molar-refractivity contribution in [2.75, 3.05) is 53.1 Å². The molecule has 2 fully saturated rings. The third kappa shape index (κ3) is 3.17. The molecule has 0 aliphatic carbocycles. The van der Waals surface area contributed by atoms with Crippen molar-refractivity contribution < 1.29 is 9.47 Å². The Morgan fingerprint density at radius 1 is 1.31 bits per heavy atom. The summed E-state index contributed by atoms with van der Waals surface area (Å²) in [4.78, 5) is 2.50. The zero-order valence-corrected chi connectivity index (χ0v) is 10.3. The smallest absolute Gasteiger partial charge is 0.0657 e. The van der Waals surface area contributed by atoms with Crippen LogP contribution in [0.4, 0.5) is 0 Å². The standard InChI is InChI=1S/C12H24N2O2/c1-15-11-12(4-2-3-5-13-12)10-14-6-8-16-9-7-14/h13H,2-11H2,1H3. The van der Waals surface area contributed by atoms with E-state index in [0.717, 1.165) is 46.0 Å². The predicted octanol–water partition coefficient (Wildman–Crippen LogP) is 0.477. The summed E-state index contributed by atoms with van der Waals surface area (Å²) in [6.07, 6.45) is 3.85. The van der Waals surface area contributed by atoms with Gasteiger partial charge in [0.1, 0.15) is 0 Å². The van der Waals surface area contributed by atoms with Crippen LogP contribution in [0, 0.1) is 0 Å². The molecule has 2 aliphatic rings. The Kier molecular flexibility index (Phi) is 4.58. The van der Waals surface area contributed by atoms with Gasteiger partial charge in [0.15, 0.2) is 0 Å². The Labute approximate surface area is 98.3 Å². The predicted molar refractivity (Wildman–Crippen MR) is 63.7 cm³/mol. The minimum atomic E-state index is 0.185. The van der Waals surface area contributed by atoms with Crippen LogP contribution in [0.1, 0.15) is 19.3 Å². The van der Waals surface area contributed by atoms with Crippen LogP contribution < -0.4 is 5.32 Å². The van der Waals surface area contributed by atoms with Gasteiger partial charge < -0.3 is 14.8 Å². The highest BCUT2D eigenvalue weighted by atomic mass is 16.5. The number of ether oxygens (including phenoxy) is 2. The zero-order valence-electron chi connectivity index (χ0n) is 10.3. The molecule has 94 valence electrons. The number of methoxy groups -OCH3 is 1. The highest BCUT2D eigenvalue weighted by Crippen LogP contribution is 2.21. The lowest BCUT2D eigenvalue weighted by Crippen LogP contribution is -2.59. The second-order valence-electron chi connectivity index (χ2n) is 4.99. The van der Waals surface area contributed by atoms with Gasteiger partial charge in [0.2, 0.25) is 0 Å². The first-order valence-corrected chi connectivity index (χ1v) is 6.39. The summed E-state index contributed by atoms with van der Waals surface area (Å²) in [5.74, 6) is 0. The summed E-state index contributed by atoms with van der Waals surface area (Å²) >= 11 is 0. The van der Waals surface area contributed by atoms with Crippen LogP contribution >= 0.6 is 0 Å². The molecule has 0 spiro atoms. The first-order chi connectivity index (χ1) is 7.85. The Morgan fingerprint density at radius 3 is 2.75 bits per heavy atom. The largest absolute Gasteiger partial charge is 0.383 e. The van der Waals surface area contributed by atoms with Crippen molar-refractivity contribution in [1.29, 1.82) is 0 Å². The number of hydrogen-bond acceptors (Lipinski definition) is 4. The van der Waals surface area contributed by atoms with Gasteiger partial charge in [0.25, 0.3) is 0 Å². The van der Waals surface area contributed by atoms with Crippen molar-refractivity contribution in [3.05, 3.63) is 0 Å². The highest BCUT2D eigenvalue weighted by Gasteiger charge is 2.33. The Hall–Kier alpha value is -0.160. The Bertz CT molecular complexity index is 194. The summed E-state index contributed by atoms with van der Waals surface area (Å²) in [7, 11) is 1.80. The van der Waals surface area contributed by atoms with Crippen molar-refractivity contribution in [3.8, 4) is 0 Å². The van der Waals surface area contributed by atoms with Crippen LogP contribution in [0.15, 0.2) is 0 Å². The van der Waals surface area contributed by atoms with Gasteiger partial charge in [0, 0.05) is 26.7 Å². The van der Waals surface area contributed by atoms with Crippen LogP contribution in [-0.2, 0) is 9.47 Å². The van der Waals surface area contributed by atoms with Crippen molar-refractivity contribution in [2.24, 2.45) is 0 Å². The Balaban J connectivity index is 1.89. The van der Waals surface area contributed by atoms with Crippen LogP contribution in [0.25, 0.3) is 0 Å². The maximum atomic E-state index is 5.41. The van der Waals surface area contributed by atoms with Gasteiger partial charge in [-0.1, -0.05) is 6.42 Å².